The Labute approximate surface area is 214 Å². The van der Waals surface area contributed by atoms with Crippen molar-refractivity contribution < 1.29 is 14.7 Å². The van der Waals surface area contributed by atoms with Crippen molar-refractivity contribution in [3.05, 3.63) is 0 Å². The lowest BCUT2D eigenvalue weighted by Gasteiger charge is -2.63. The molecule has 35 heavy (non-hydrogen) atoms. The van der Waals surface area contributed by atoms with Gasteiger partial charge in [-0.15, -0.1) is 0 Å². The molecular weight excluding hydrogens is 438 g/mol. The van der Waals surface area contributed by atoms with Crippen molar-refractivity contribution in [1.82, 2.24) is 4.90 Å². The minimum absolute atomic E-state index is 0.0967. The molecule has 0 aromatic rings. The van der Waals surface area contributed by atoms with Crippen LogP contribution in [-0.4, -0.2) is 67.8 Å². The minimum Gasteiger partial charge on any atom is -0.396 e. The fourth-order valence-corrected chi connectivity index (χ4v) is 9.00. The van der Waals surface area contributed by atoms with Gasteiger partial charge in [0.05, 0.1) is 17.4 Å². The third kappa shape index (κ3) is 5.06. The normalized spacial score (nSPS) is 43.5. The summed E-state index contributed by atoms with van der Waals surface area (Å²) >= 11 is 0. The molecule has 4 fully saturated rings. The molecule has 0 aromatic heterocycles. The maximum Gasteiger partial charge on any atom is 0.118 e. The fraction of sp³-hybridized carbons (Fsp3) is 0.966. The van der Waals surface area contributed by atoms with E-state index in [1.807, 2.05) is 0 Å². The van der Waals surface area contributed by atoms with Crippen molar-refractivity contribution in [2.45, 2.75) is 103 Å². The van der Waals surface area contributed by atoms with E-state index in [4.69, 9.17) is 15.3 Å². The van der Waals surface area contributed by atoms with E-state index in [0.29, 0.717) is 42.4 Å². The van der Waals surface area contributed by atoms with Gasteiger partial charge in [-0.1, -0.05) is 19.0 Å². The van der Waals surface area contributed by atoms with Gasteiger partial charge in [-0.2, -0.15) is 0 Å². The Hall–Kier alpha value is -0.690. The number of nitrogens with two attached hydrogens (primary N) is 1. The molecular formula is C29H53N3O3. The predicted molar refractivity (Wildman–Crippen MR) is 142 cm³/mol. The van der Waals surface area contributed by atoms with Gasteiger partial charge < -0.3 is 25.3 Å². The van der Waals surface area contributed by atoms with Gasteiger partial charge in [-0.25, -0.2) is 0 Å². The van der Waals surface area contributed by atoms with Crippen LogP contribution in [0, 0.1) is 34.5 Å². The maximum absolute atomic E-state index is 12.4. The Morgan fingerprint density at radius 3 is 2.54 bits per heavy atom. The summed E-state index contributed by atoms with van der Waals surface area (Å²) in [5.74, 6) is 2.09. The molecule has 4 rings (SSSR count). The molecule has 0 heterocycles. The molecule has 202 valence electrons. The predicted octanol–water partition coefficient (Wildman–Crippen LogP) is 4.84. The van der Waals surface area contributed by atoms with E-state index >= 15 is 0 Å². The number of hydrogen-bond donors (Lipinski definition) is 2. The van der Waals surface area contributed by atoms with Crippen molar-refractivity contribution in [2.75, 3.05) is 40.4 Å². The van der Waals surface area contributed by atoms with Crippen LogP contribution in [0.4, 0.5) is 0 Å². The van der Waals surface area contributed by atoms with Crippen molar-refractivity contribution in [2.24, 2.45) is 45.4 Å². The average molecular weight is 492 g/mol. The zero-order valence-corrected chi connectivity index (χ0v) is 23.2. The summed E-state index contributed by atoms with van der Waals surface area (Å²) in [5.41, 5.74) is 6.41. The second kappa shape index (κ2) is 11.0. The number of rotatable bonds is 10. The first-order valence-electron chi connectivity index (χ1n) is 14.5. The summed E-state index contributed by atoms with van der Waals surface area (Å²) in [7, 11) is 4.17. The van der Waals surface area contributed by atoms with Crippen molar-refractivity contribution >= 4 is 5.71 Å². The molecule has 0 unspecified atom stereocenters. The van der Waals surface area contributed by atoms with E-state index in [0.717, 1.165) is 69.7 Å². The van der Waals surface area contributed by atoms with Crippen LogP contribution in [0.15, 0.2) is 5.16 Å². The topological polar surface area (TPSA) is 80.3 Å². The summed E-state index contributed by atoms with van der Waals surface area (Å²) in [6.07, 6.45) is 12.6. The van der Waals surface area contributed by atoms with Gasteiger partial charge in [-0.3, -0.25) is 0 Å². The molecule has 6 heteroatoms. The molecule has 6 nitrogen and oxygen atoms in total. The van der Waals surface area contributed by atoms with Crippen molar-refractivity contribution in [3.63, 3.8) is 0 Å². The van der Waals surface area contributed by atoms with Crippen LogP contribution in [0.25, 0.3) is 0 Å². The SMILES string of the molecule is C/C(=N\OCCCN(C)C)[C@H]1CC[C@]2(O)[C@@H]3CC[C@@H]4C[C@@H](OCCCN)CC[C@]4(C)[C@H]3CC[C@]12C. The first-order valence-corrected chi connectivity index (χ1v) is 14.5. The Morgan fingerprint density at radius 2 is 1.80 bits per heavy atom. The number of oxime groups is 1. The average Bonchev–Trinajstić information content (AvgIpc) is 3.10. The van der Waals surface area contributed by atoms with Gasteiger partial charge >= 0.3 is 0 Å². The quantitative estimate of drug-likeness (QED) is 0.260. The summed E-state index contributed by atoms with van der Waals surface area (Å²) in [6, 6.07) is 0. The molecule has 0 aliphatic heterocycles. The molecule has 4 aliphatic carbocycles. The van der Waals surface area contributed by atoms with Crippen LogP contribution in [0.1, 0.15) is 91.4 Å². The summed E-state index contributed by atoms with van der Waals surface area (Å²) in [6.45, 7) is 10.2. The molecule has 0 radical (unpaired) electrons. The lowest BCUT2D eigenvalue weighted by atomic mass is 9.43. The fourth-order valence-electron chi connectivity index (χ4n) is 9.00. The maximum atomic E-state index is 12.4. The van der Waals surface area contributed by atoms with Crippen LogP contribution in [-0.2, 0) is 9.57 Å². The zero-order valence-electron chi connectivity index (χ0n) is 23.2. The van der Waals surface area contributed by atoms with Crippen LogP contribution in [0.3, 0.4) is 0 Å². The van der Waals surface area contributed by atoms with Crippen molar-refractivity contribution in [1.29, 1.82) is 0 Å². The molecule has 0 bridgehead atoms. The van der Waals surface area contributed by atoms with Gasteiger partial charge in [0.25, 0.3) is 0 Å². The van der Waals surface area contributed by atoms with E-state index < -0.39 is 5.60 Å². The van der Waals surface area contributed by atoms with Crippen molar-refractivity contribution in [3.8, 4) is 0 Å². The number of fused-ring (bicyclic) bond motifs is 5. The number of nitrogens with zero attached hydrogens (tertiary/aromatic N) is 2. The van der Waals surface area contributed by atoms with Gasteiger partial charge in [0, 0.05) is 24.5 Å². The molecule has 0 aromatic carbocycles. The summed E-state index contributed by atoms with van der Waals surface area (Å²) < 4.78 is 6.20. The van der Waals surface area contributed by atoms with Crippen LogP contribution >= 0.6 is 0 Å². The highest BCUT2D eigenvalue weighted by Gasteiger charge is 2.67. The Balaban J connectivity index is 1.42. The molecule has 0 saturated heterocycles. The van der Waals surface area contributed by atoms with Crippen LogP contribution < -0.4 is 5.73 Å². The second-order valence-corrected chi connectivity index (χ2v) is 13.1. The largest absolute Gasteiger partial charge is 0.396 e. The lowest BCUT2D eigenvalue weighted by Crippen LogP contribution is -2.62. The van der Waals surface area contributed by atoms with Gasteiger partial charge in [0.2, 0.25) is 0 Å². The zero-order chi connectivity index (χ0) is 25.3. The molecule has 0 spiro atoms. The minimum atomic E-state index is -0.579. The second-order valence-electron chi connectivity index (χ2n) is 13.1. The Morgan fingerprint density at radius 1 is 1.00 bits per heavy atom. The number of aliphatic hydroxyl groups is 1. The van der Waals surface area contributed by atoms with Gasteiger partial charge in [0.15, 0.2) is 0 Å². The third-order valence-corrected chi connectivity index (χ3v) is 11.1. The summed E-state index contributed by atoms with van der Waals surface area (Å²) in [5, 5.41) is 17.0. The standard InChI is InChI=1S/C29H53N3O3/c1-21(31-35-19-7-17-32(4)5)24-12-15-29(33)26-9-8-22-20-23(34-18-6-16-30)10-13-27(22,2)25(26)11-14-28(24,29)3/h22-26,33H,6-20,30H2,1-5H3/b31-21+/t22-,23+,24-,25+,26-,27+,28-,29+/m1/s1. The Kier molecular flexibility index (Phi) is 8.57. The summed E-state index contributed by atoms with van der Waals surface area (Å²) in [4.78, 5) is 7.89. The van der Waals surface area contributed by atoms with E-state index in [2.05, 4.69) is 44.9 Å². The third-order valence-electron chi connectivity index (χ3n) is 11.1. The highest BCUT2D eigenvalue weighted by molar-refractivity contribution is 5.85. The highest BCUT2D eigenvalue weighted by Crippen LogP contribution is 2.69. The van der Waals surface area contributed by atoms with Crippen LogP contribution in [0.2, 0.25) is 0 Å². The van der Waals surface area contributed by atoms with E-state index in [1.54, 1.807) is 0 Å². The molecule has 8 atom stereocenters. The van der Waals surface area contributed by atoms with Gasteiger partial charge in [0.1, 0.15) is 6.61 Å². The highest BCUT2D eigenvalue weighted by atomic mass is 16.6. The van der Waals surface area contributed by atoms with Gasteiger partial charge in [-0.05, 0) is 121 Å². The first kappa shape index (κ1) is 27.3. The number of ether oxygens (including phenoxy) is 1. The lowest BCUT2D eigenvalue weighted by molar-refractivity contribution is -0.208. The monoisotopic (exact) mass is 491 g/mol. The molecule has 3 N–H and O–H groups in total. The van der Waals surface area contributed by atoms with E-state index in [9.17, 15) is 5.11 Å². The number of hydrogen-bond acceptors (Lipinski definition) is 6. The van der Waals surface area contributed by atoms with Crippen LogP contribution in [0.5, 0.6) is 0 Å². The van der Waals surface area contributed by atoms with E-state index in [-0.39, 0.29) is 5.41 Å². The first-order chi connectivity index (χ1) is 16.7. The Bertz CT molecular complexity index is 745. The molecule has 4 aliphatic rings. The van der Waals surface area contributed by atoms with E-state index in [1.165, 1.54) is 25.7 Å². The molecule has 4 saturated carbocycles. The molecule has 0 amide bonds. The smallest absolute Gasteiger partial charge is 0.118 e.